The van der Waals surface area contributed by atoms with Gasteiger partial charge in [-0.05, 0) is 6.07 Å². The average Bonchev–Trinajstić information content (AvgIpc) is 2.17. The minimum Gasteiger partial charge on any atom is -0.395 e. The Morgan fingerprint density at radius 3 is 2.47 bits per heavy atom. The number of hydrogen-bond donors (Lipinski definition) is 1. The first kappa shape index (κ1) is 11.6. The number of aliphatic hydroxyl groups is 1. The summed E-state index contributed by atoms with van der Waals surface area (Å²) in [4.78, 5) is 9.43. The van der Waals surface area contributed by atoms with Crippen LogP contribution in [0.25, 0.3) is 0 Å². The van der Waals surface area contributed by atoms with Crippen LogP contribution in [0.3, 0.4) is 0 Å². The fourth-order valence-electron chi connectivity index (χ4n) is 1.10. The van der Waals surface area contributed by atoms with E-state index in [2.05, 4.69) is 0 Å². The van der Waals surface area contributed by atoms with E-state index in [9.17, 15) is 18.5 Å². The lowest BCUT2D eigenvalue weighted by Gasteiger charge is -2.02. The van der Waals surface area contributed by atoms with E-state index in [4.69, 9.17) is 5.11 Å². The molecule has 7 heteroatoms. The number of hydrogen-bond acceptors (Lipinski definition) is 5. The normalized spacial score (nSPS) is 11.3. The number of nitro benzene ring substituents is 1. The summed E-state index contributed by atoms with van der Waals surface area (Å²) >= 11 is 0. The van der Waals surface area contributed by atoms with E-state index < -0.39 is 32.8 Å². The summed E-state index contributed by atoms with van der Waals surface area (Å²) in [5.41, 5.74) is -0.467. The zero-order valence-electron chi connectivity index (χ0n) is 7.66. The second-order valence-electron chi connectivity index (χ2n) is 2.77. The monoisotopic (exact) mass is 231 g/mol. The molecule has 82 valence electrons. The van der Waals surface area contributed by atoms with Crippen LogP contribution in [0.1, 0.15) is 0 Å². The van der Waals surface area contributed by atoms with Gasteiger partial charge in [-0.25, -0.2) is 8.42 Å². The summed E-state index contributed by atoms with van der Waals surface area (Å²) in [6.45, 7) is -0.561. The lowest BCUT2D eigenvalue weighted by Crippen LogP contribution is -2.11. The molecule has 0 aliphatic carbocycles. The molecule has 0 fully saturated rings. The topological polar surface area (TPSA) is 97.5 Å². The molecule has 0 aliphatic heterocycles. The molecule has 0 atom stereocenters. The molecule has 15 heavy (non-hydrogen) atoms. The Hall–Kier alpha value is -1.47. The predicted molar refractivity (Wildman–Crippen MR) is 52.2 cm³/mol. The Balaban J connectivity index is 3.31. The number of aliphatic hydroxyl groups excluding tert-OH is 1. The number of sulfone groups is 1. The van der Waals surface area contributed by atoms with Crippen molar-refractivity contribution >= 4 is 15.5 Å². The molecule has 0 saturated carbocycles. The second kappa shape index (κ2) is 4.37. The number of benzene rings is 1. The lowest BCUT2D eigenvalue weighted by molar-refractivity contribution is -0.387. The molecule has 1 aromatic carbocycles. The van der Waals surface area contributed by atoms with Crippen molar-refractivity contribution < 1.29 is 18.4 Å². The Kier molecular flexibility index (Phi) is 3.38. The van der Waals surface area contributed by atoms with E-state index in [1.165, 1.54) is 12.1 Å². The van der Waals surface area contributed by atoms with Gasteiger partial charge in [0.15, 0.2) is 9.84 Å². The van der Waals surface area contributed by atoms with Gasteiger partial charge in [0.1, 0.15) is 4.90 Å². The van der Waals surface area contributed by atoms with Gasteiger partial charge in [0, 0.05) is 6.07 Å². The summed E-state index contributed by atoms with van der Waals surface area (Å²) in [6, 6.07) is 5.06. The fraction of sp³-hybridized carbons (Fsp3) is 0.250. The van der Waals surface area contributed by atoms with Crippen molar-refractivity contribution in [2.24, 2.45) is 0 Å². The second-order valence-corrected chi connectivity index (χ2v) is 4.84. The predicted octanol–water partition coefficient (Wildman–Crippen LogP) is 0.361. The zero-order chi connectivity index (χ0) is 11.5. The minimum absolute atomic E-state index is 0.357. The molecule has 0 amide bonds. The molecule has 0 aliphatic rings. The lowest BCUT2D eigenvalue weighted by atomic mass is 10.3. The Morgan fingerprint density at radius 1 is 1.33 bits per heavy atom. The van der Waals surface area contributed by atoms with Crippen LogP contribution in [-0.2, 0) is 9.84 Å². The molecule has 1 N–H and O–H groups in total. The van der Waals surface area contributed by atoms with E-state index >= 15 is 0 Å². The van der Waals surface area contributed by atoms with Gasteiger partial charge in [-0.3, -0.25) is 10.1 Å². The van der Waals surface area contributed by atoms with Crippen molar-refractivity contribution in [3.63, 3.8) is 0 Å². The first-order chi connectivity index (χ1) is 6.99. The number of nitro groups is 1. The largest absolute Gasteiger partial charge is 0.395 e. The van der Waals surface area contributed by atoms with Crippen LogP contribution in [0.2, 0.25) is 0 Å². The molecule has 6 nitrogen and oxygen atoms in total. The van der Waals surface area contributed by atoms with Crippen LogP contribution in [0.5, 0.6) is 0 Å². The summed E-state index contributed by atoms with van der Waals surface area (Å²) in [7, 11) is -3.78. The molecule has 0 saturated heterocycles. The Morgan fingerprint density at radius 2 is 1.93 bits per heavy atom. The van der Waals surface area contributed by atoms with Crippen LogP contribution in [-0.4, -0.2) is 30.8 Å². The summed E-state index contributed by atoms with van der Waals surface area (Å²) in [6.07, 6.45) is 0. The first-order valence-corrected chi connectivity index (χ1v) is 5.71. The van der Waals surface area contributed by atoms with E-state index in [-0.39, 0.29) is 4.90 Å². The minimum atomic E-state index is -3.78. The smallest absolute Gasteiger partial charge is 0.287 e. The van der Waals surface area contributed by atoms with Crippen molar-refractivity contribution in [2.45, 2.75) is 4.90 Å². The molecule has 0 aromatic heterocycles. The van der Waals surface area contributed by atoms with Crippen molar-refractivity contribution in [3.05, 3.63) is 34.4 Å². The van der Waals surface area contributed by atoms with Crippen LogP contribution < -0.4 is 0 Å². The van der Waals surface area contributed by atoms with Gasteiger partial charge in [-0.15, -0.1) is 0 Å². The van der Waals surface area contributed by atoms with Crippen molar-refractivity contribution in [3.8, 4) is 0 Å². The molecule has 1 rings (SSSR count). The van der Waals surface area contributed by atoms with E-state index in [0.717, 1.165) is 12.1 Å². The molecule has 0 spiro atoms. The maximum atomic E-state index is 11.5. The summed E-state index contributed by atoms with van der Waals surface area (Å²) in [5, 5.41) is 19.1. The molecule has 0 heterocycles. The van der Waals surface area contributed by atoms with Gasteiger partial charge < -0.3 is 5.11 Å². The molecule has 0 radical (unpaired) electrons. The molecule has 0 unspecified atom stereocenters. The van der Waals surface area contributed by atoms with Crippen molar-refractivity contribution in [1.29, 1.82) is 0 Å². The highest BCUT2D eigenvalue weighted by Crippen LogP contribution is 2.23. The van der Waals surface area contributed by atoms with Crippen LogP contribution >= 0.6 is 0 Å². The third-order valence-electron chi connectivity index (χ3n) is 1.76. The number of nitrogens with zero attached hydrogens (tertiary/aromatic N) is 1. The molecular weight excluding hydrogens is 222 g/mol. The third-order valence-corrected chi connectivity index (χ3v) is 3.49. The zero-order valence-corrected chi connectivity index (χ0v) is 8.48. The summed E-state index contributed by atoms with van der Waals surface area (Å²) < 4.78 is 23.0. The number of para-hydroxylation sites is 1. The van der Waals surface area contributed by atoms with Crippen molar-refractivity contribution in [2.75, 3.05) is 12.4 Å². The van der Waals surface area contributed by atoms with Gasteiger partial charge in [-0.1, -0.05) is 12.1 Å². The van der Waals surface area contributed by atoms with E-state index in [1.807, 2.05) is 0 Å². The van der Waals surface area contributed by atoms with Crippen molar-refractivity contribution in [1.82, 2.24) is 0 Å². The summed E-state index contributed by atoms with van der Waals surface area (Å²) in [5.74, 6) is -0.516. The maximum absolute atomic E-state index is 11.5. The van der Waals surface area contributed by atoms with E-state index in [0.29, 0.717) is 0 Å². The van der Waals surface area contributed by atoms with Gasteiger partial charge in [0.2, 0.25) is 0 Å². The molecule has 1 aromatic rings. The quantitative estimate of drug-likeness (QED) is 0.596. The molecular formula is C8H9NO5S. The van der Waals surface area contributed by atoms with Gasteiger partial charge in [-0.2, -0.15) is 0 Å². The van der Waals surface area contributed by atoms with Gasteiger partial charge in [0.25, 0.3) is 5.69 Å². The van der Waals surface area contributed by atoms with Crippen LogP contribution in [0.4, 0.5) is 5.69 Å². The SMILES string of the molecule is O=[N+]([O-])c1ccccc1S(=O)(=O)CCO. The van der Waals surface area contributed by atoms with Crippen LogP contribution in [0.15, 0.2) is 29.2 Å². The Labute approximate surface area is 86.2 Å². The highest BCUT2D eigenvalue weighted by Gasteiger charge is 2.24. The molecule has 0 bridgehead atoms. The maximum Gasteiger partial charge on any atom is 0.287 e. The Bertz CT molecular complexity index is 468. The van der Waals surface area contributed by atoms with Crippen LogP contribution in [0, 0.1) is 10.1 Å². The van der Waals surface area contributed by atoms with Gasteiger partial charge >= 0.3 is 0 Å². The highest BCUT2D eigenvalue weighted by atomic mass is 32.2. The van der Waals surface area contributed by atoms with E-state index in [1.54, 1.807) is 0 Å². The third kappa shape index (κ3) is 2.51. The first-order valence-electron chi connectivity index (χ1n) is 4.06. The average molecular weight is 231 g/mol. The van der Waals surface area contributed by atoms with Gasteiger partial charge in [0.05, 0.1) is 17.3 Å². The highest BCUT2D eigenvalue weighted by molar-refractivity contribution is 7.91. The standard InChI is InChI=1S/C8H9NO5S/c10-5-6-15(13,14)8-4-2-1-3-7(8)9(11)12/h1-4,10H,5-6H2. The number of rotatable bonds is 4. The fourth-order valence-corrected chi connectivity index (χ4v) is 2.31.